The standard InChI is InChI=1S/C56H37BN2/c1-55(2)42-26-12-11-23-39(42)50-45(55)33-41-38-24-15-25-40-49-37-22-10-9-17-34(37)31-32-48(49)59(52(38)40)57-46-29-16-28-44-53(46)58(54(50)51(41)57)47-30-14-13-27-43(47)56(44,35-18-5-3-6-19-35)36-20-7-4-8-21-36/h3-33H,1-2H3. The highest BCUT2D eigenvalue weighted by atomic mass is 15.2. The maximum absolute atomic E-state index is 2.73. The summed E-state index contributed by atoms with van der Waals surface area (Å²) in [7, 11) is 0. The number of nitrogens with zero attached hydrogens (tertiary/aromatic N) is 2. The predicted octanol–water partition coefficient (Wildman–Crippen LogP) is 12.4. The fourth-order valence-electron chi connectivity index (χ4n) is 12.3. The van der Waals surface area contributed by atoms with Crippen LogP contribution in [0.2, 0.25) is 0 Å². The molecule has 0 spiro atoms. The molecule has 274 valence electrons. The Hall–Kier alpha value is -7.10. The predicted molar refractivity (Wildman–Crippen MR) is 247 cm³/mol. The summed E-state index contributed by atoms with van der Waals surface area (Å²) >= 11 is 0. The molecule has 0 atom stereocenters. The first-order chi connectivity index (χ1) is 29.1. The van der Waals surface area contributed by atoms with E-state index in [1.165, 1.54) is 116 Å². The number of aromatic nitrogens is 1. The van der Waals surface area contributed by atoms with E-state index < -0.39 is 5.41 Å². The summed E-state index contributed by atoms with van der Waals surface area (Å²) < 4.78 is 2.73. The number of rotatable bonds is 2. The molecule has 2 nitrogen and oxygen atoms in total. The van der Waals surface area contributed by atoms with Gasteiger partial charge in [0.15, 0.2) is 0 Å². The van der Waals surface area contributed by atoms with Crippen molar-refractivity contribution in [3.05, 3.63) is 221 Å². The summed E-state index contributed by atoms with van der Waals surface area (Å²) in [5.41, 5.74) is 21.8. The van der Waals surface area contributed by atoms with E-state index in [0.29, 0.717) is 0 Å². The molecule has 0 saturated carbocycles. The molecule has 0 fully saturated rings. The molecular weight excluding hydrogens is 711 g/mol. The Kier molecular flexibility index (Phi) is 5.89. The van der Waals surface area contributed by atoms with Crippen LogP contribution in [0.25, 0.3) is 54.8 Å². The van der Waals surface area contributed by atoms with Gasteiger partial charge in [0.05, 0.1) is 16.8 Å². The minimum absolute atomic E-state index is 0.0575. The van der Waals surface area contributed by atoms with Gasteiger partial charge in [-0.25, -0.2) is 0 Å². The third-order valence-corrected chi connectivity index (χ3v) is 14.6. The first-order valence-electron chi connectivity index (χ1n) is 21.0. The second-order valence-electron chi connectivity index (χ2n) is 17.5. The van der Waals surface area contributed by atoms with E-state index in [9.17, 15) is 0 Å². The molecule has 4 heterocycles. The molecule has 0 N–H and O–H groups in total. The van der Waals surface area contributed by atoms with E-state index in [4.69, 9.17) is 0 Å². The number of hydrogen-bond donors (Lipinski definition) is 0. The first kappa shape index (κ1) is 31.9. The topological polar surface area (TPSA) is 8.17 Å². The Morgan fingerprint density at radius 3 is 1.93 bits per heavy atom. The van der Waals surface area contributed by atoms with Crippen molar-refractivity contribution in [1.29, 1.82) is 0 Å². The highest BCUT2D eigenvalue weighted by Gasteiger charge is 2.54. The zero-order valence-corrected chi connectivity index (χ0v) is 32.9. The largest absolute Gasteiger partial charge is 0.375 e. The number of hydrogen-bond acceptors (Lipinski definition) is 1. The van der Waals surface area contributed by atoms with Crippen LogP contribution < -0.4 is 15.8 Å². The molecule has 3 aliphatic heterocycles. The van der Waals surface area contributed by atoms with Crippen LogP contribution in [0, 0.1) is 0 Å². The third kappa shape index (κ3) is 3.64. The van der Waals surface area contributed by atoms with Gasteiger partial charge in [-0.05, 0) is 84.4 Å². The van der Waals surface area contributed by atoms with Crippen LogP contribution in [-0.2, 0) is 10.8 Å². The highest BCUT2D eigenvalue weighted by Crippen LogP contribution is 2.62. The lowest BCUT2D eigenvalue weighted by atomic mass is 9.43. The second kappa shape index (κ2) is 10.9. The van der Waals surface area contributed by atoms with Crippen LogP contribution in [0.15, 0.2) is 188 Å². The lowest BCUT2D eigenvalue weighted by Crippen LogP contribution is -2.58. The summed E-state index contributed by atoms with van der Waals surface area (Å²) in [5, 5.41) is 5.25. The first-order valence-corrected chi connectivity index (χ1v) is 21.0. The van der Waals surface area contributed by atoms with Crippen molar-refractivity contribution in [2.75, 3.05) is 4.90 Å². The molecular formula is C56H37BN2. The Labute approximate surface area is 343 Å². The zero-order valence-electron chi connectivity index (χ0n) is 32.9. The summed E-state index contributed by atoms with van der Waals surface area (Å²) in [6, 6.07) is 71.5. The van der Waals surface area contributed by atoms with Crippen LogP contribution in [0.5, 0.6) is 0 Å². The smallest absolute Gasteiger partial charge is 0.333 e. The van der Waals surface area contributed by atoms with Gasteiger partial charge in [0, 0.05) is 44.0 Å². The minimum atomic E-state index is -0.562. The molecule has 0 amide bonds. The number of para-hydroxylation sites is 3. The van der Waals surface area contributed by atoms with Crippen molar-refractivity contribution in [3.8, 4) is 22.3 Å². The molecule has 1 aliphatic carbocycles. The lowest BCUT2D eigenvalue weighted by molar-refractivity contribution is 0.660. The van der Waals surface area contributed by atoms with Crippen molar-refractivity contribution < 1.29 is 0 Å². The van der Waals surface area contributed by atoms with Crippen molar-refractivity contribution in [1.82, 2.24) is 4.48 Å². The molecule has 0 saturated heterocycles. The fraction of sp³-hybridized carbons (Fsp3) is 0.0714. The van der Waals surface area contributed by atoms with Gasteiger partial charge in [0.1, 0.15) is 0 Å². The molecule has 4 aliphatic rings. The Morgan fingerprint density at radius 2 is 1.12 bits per heavy atom. The second-order valence-corrected chi connectivity index (χ2v) is 17.5. The maximum Gasteiger partial charge on any atom is 0.333 e. The normalized spacial score (nSPS) is 15.5. The van der Waals surface area contributed by atoms with E-state index >= 15 is 0 Å². The monoisotopic (exact) mass is 748 g/mol. The average Bonchev–Trinajstić information content (AvgIpc) is 3.75. The SMILES string of the molecule is CC1(C)c2ccccc2-c2c1cc1c3c2N2c4ccccc4C(c4ccccc4)(c4ccccc4)c4cccc(c42)B3n2c3ccc4ccccc4c3c3cccc-1c32. The Morgan fingerprint density at radius 1 is 0.475 bits per heavy atom. The number of anilines is 3. The van der Waals surface area contributed by atoms with Gasteiger partial charge in [0.25, 0.3) is 0 Å². The van der Waals surface area contributed by atoms with Gasteiger partial charge < -0.3 is 9.38 Å². The molecule has 3 heteroatoms. The van der Waals surface area contributed by atoms with Crippen molar-refractivity contribution >= 4 is 67.4 Å². The minimum Gasteiger partial charge on any atom is -0.375 e. The average molecular weight is 749 g/mol. The van der Waals surface area contributed by atoms with Gasteiger partial charge in [-0.2, -0.15) is 0 Å². The van der Waals surface area contributed by atoms with Crippen LogP contribution in [0.3, 0.4) is 0 Å². The summed E-state index contributed by atoms with van der Waals surface area (Å²) in [6.07, 6.45) is 0. The van der Waals surface area contributed by atoms with Crippen molar-refractivity contribution in [2.24, 2.45) is 0 Å². The zero-order chi connectivity index (χ0) is 38.8. The van der Waals surface area contributed by atoms with Crippen LogP contribution in [0.4, 0.5) is 17.1 Å². The van der Waals surface area contributed by atoms with Gasteiger partial charge >= 0.3 is 6.85 Å². The molecule has 59 heavy (non-hydrogen) atoms. The summed E-state index contributed by atoms with van der Waals surface area (Å²) in [6.45, 7) is 4.81. The van der Waals surface area contributed by atoms with E-state index in [-0.39, 0.29) is 12.3 Å². The quantitative estimate of drug-likeness (QED) is 0.160. The van der Waals surface area contributed by atoms with Crippen LogP contribution in [0.1, 0.15) is 47.2 Å². The third-order valence-electron chi connectivity index (χ3n) is 14.6. The van der Waals surface area contributed by atoms with Gasteiger partial charge in [-0.15, -0.1) is 0 Å². The molecule has 9 aromatic carbocycles. The Bertz CT molecular complexity index is 3450. The maximum atomic E-state index is 2.73. The molecule has 14 rings (SSSR count). The van der Waals surface area contributed by atoms with Gasteiger partial charge in [-0.1, -0.05) is 184 Å². The molecule has 0 unspecified atom stereocenters. The van der Waals surface area contributed by atoms with Crippen molar-refractivity contribution in [3.63, 3.8) is 0 Å². The van der Waals surface area contributed by atoms with Gasteiger partial charge in [0.2, 0.25) is 0 Å². The fourth-order valence-corrected chi connectivity index (χ4v) is 12.3. The van der Waals surface area contributed by atoms with E-state index in [2.05, 4.69) is 211 Å². The molecule has 0 bridgehead atoms. The molecule has 0 radical (unpaired) electrons. The van der Waals surface area contributed by atoms with Crippen LogP contribution in [-0.4, -0.2) is 11.3 Å². The van der Waals surface area contributed by atoms with E-state index in [1.54, 1.807) is 0 Å². The summed E-state index contributed by atoms with van der Waals surface area (Å²) in [4.78, 5) is 2.71. The van der Waals surface area contributed by atoms with Crippen molar-refractivity contribution in [2.45, 2.75) is 24.7 Å². The Balaban J connectivity index is 1.23. The van der Waals surface area contributed by atoms with Crippen LogP contribution >= 0.6 is 0 Å². The lowest BCUT2D eigenvalue weighted by Gasteiger charge is -2.51. The molecule has 1 aromatic heterocycles. The van der Waals surface area contributed by atoms with E-state index in [1.807, 2.05) is 0 Å². The van der Waals surface area contributed by atoms with E-state index in [0.717, 1.165) is 0 Å². The number of fused-ring (bicyclic) bond motifs is 15. The van der Waals surface area contributed by atoms with Gasteiger partial charge in [-0.3, -0.25) is 0 Å². The highest BCUT2D eigenvalue weighted by molar-refractivity contribution is 6.90. The molecule has 10 aromatic rings. The summed E-state index contributed by atoms with van der Waals surface area (Å²) in [5.74, 6) is 0. The number of benzene rings is 9.